The predicted octanol–water partition coefficient (Wildman–Crippen LogP) is 1.96. The number of rotatable bonds is 3. The zero-order chi connectivity index (χ0) is 14.7. The highest BCUT2D eigenvalue weighted by Crippen LogP contribution is 2.21. The van der Waals surface area contributed by atoms with Crippen LogP contribution in [0.2, 0.25) is 0 Å². The van der Waals surface area contributed by atoms with E-state index in [4.69, 9.17) is 10.5 Å². The number of carbonyl (C=O) groups excluding carboxylic acids is 1. The number of ether oxygens (including phenoxy) is 1. The Balaban J connectivity index is 2.09. The first-order valence-corrected chi connectivity index (χ1v) is 6.02. The molecule has 0 aliphatic carbocycles. The number of hydrogen-bond acceptors (Lipinski definition) is 4. The molecule has 1 heterocycles. The van der Waals surface area contributed by atoms with Crippen LogP contribution in [0.15, 0.2) is 24.3 Å². The molecule has 0 unspecified atom stereocenters. The van der Waals surface area contributed by atoms with Crippen LogP contribution in [0.5, 0.6) is 5.75 Å². The van der Waals surface area contributed by atoms with E-state index >= 15 is 0 Å². The molecule has 4 N–H and O–H groups in total. The Bertz CT molecular complexity index is 636. The Morgan fingerprint density at radius 1 is 1.40 bits per heavy atom. The minimum Gasteiger partial charge on any atom is -0.497 e. The van der Waals surface area contributed by atoms with E-state index in [0.717, 1.165) is 0 Å². The van der Waals surface area contributed by atoms with E-state index < -0.39 is 6.03 Å². The fraction of sp³-hybridized carbons (Fsp3) is 0.231. The second-order valence-electron chi connectivity index (χ2n) is 4.28. The van der Waals surface area contributed by atoms with Gasteiger partial charge in [-0.25, -0.2) is 4.79 Å². The number of urea groups is 1. The highest BCUT2D eigenvalue weighted by Gasteiger charge is 2.13. The molecular formula is C13H17N5O2. The van der Waals surface area contributed by atoms with Crippen LogP contribution in [0.3, 0.4) is 0 Å². The SMILES string of the molecule is COc1cccc(NC(=O)Nc2c(N)c(C)nn2C)c1. The van der Waals surface area contributed by atoms with Crippen molar-refractivity contribution >= 4 is 23.2 Å². The van der Waals surface area contributed by atoms with Crippen LogP contribution >= 0.6 is 0 Å². The van der Waals surface area contributed by atoms with Gasteiger partial charge in [-0.15, -0.1) is 0 Å². The topological polar surface area (TPSA) is 94.2 Å². The van der Waals surface area contributed by atoms with Crippen LogP contribution < -0.4 is 21.1 Å². The Morgan fingerprint density at radius 2 is 2.15 bits per heavy atom. The zero-order valence-electron chi connectivity index (χ0n) is 11.6. The summed E-state index contributed by atoms with van der Waals surface area (Å²) in [6.07, 6.45) is 0. The molecule has 0 radical (unpaired) electrons. The fourth-order valence-electron chi connectivity index (χ4n) is 1.79. The molecule has 106 valence electrons. The number of aromatic nitrogens is 2. The van der Waals surface area contributed by atoms with Gasteiger partial charge in [-0.05, 0) is 19.1 Å². The van der Waals surface area contributed by atoms with Crippen LogP contribution in [0, 0.1) is 6.92 Å². The summed E-state index contributed by atoms with van der Waals surface area (Å²) < 4.78 is 6.61. The number of methoxy groups -OCH3 is 1. The highest BCUT2D eigenvalue weighted by molar-refractivity contribution is 6.01. The molecule has 0 bridgehead atoms. The molecule has 20 heavy (non-hydrogen) atoms. The van der Waals surface area contributed by atoms with Gasteiger partial charge in [-0.1, -0.05) is 6.07 Å². The number of nitrogens with one attached hydrogen (secondary N) is 2. The average molecular weight is 275 g/mol. The lowest BCUT2D eigenvalue weighted by molar-refractivity contribution is 0.262. The standard InChI is InChI=1S/C13H17N5O2/c1-8-11(14)12(18(2)17-8)16-13(19)15-9-5-4-6-10(7-9)20-3/h4-7H,14H2,1-3H3,(H2,15,16,19). The summed E-state index contributed by atoms with van der Waals surface area (Å²) in [6, 6.07) is 6.67. The fourth-order valence-corrected chi connectivity index (χ4v) is 1.79. The van der Waals surface area contributed by atoms with Crippen molar-refractivity contribution in [3.63, 3.8) is 0 Å². The molecule has 7 nitrogen and oxygen atoms in total. The largest absolute Gasteiger partial charge is 0.497 e. The maximum absolute atomic E-state index is 11.9. The monoisotopic (exact) mass is 275 g/mol. The molecule has 2 rings (SSSR count). The van der Waals surface area contributed by atoms with Crippen molar-refractivity contribution in [3.8, 4) is 5.75 Å². The summed E-state index contributed by atoms with van der Waals surface area (Å²) in [5.41, 5.74) is 7.59. The molecule has 7 heteroatoms. The predicted molar refractivity (Wildman–Crippen MR) is 78.0 cm³/mol. The lowest BCUT2D eigenvalue weighted by Gasteiger charge is -2.09. The van der Waals surface area contributed by atoms with Gasteiger partial charge < -0.3 is 15.8 Å². The number of benzene rings is 1. The number of nitrogens with zero attached hydrogens (tertiary/aromatic N) is 2. The van der Waals surface area contributed by atoms with E-state index in [1.165, 1.54) is 4.68 Å². The Hall–Kier alpha value is -2.70. The van der Waals surface area contributed by atoms with Crippen molar-refractivity contribution in [1.82, 2.24) is 9.78 Å². The zero-order valence-corrected chi connectivity index (χ0v) is 11.6. The summed E-state index contributed by atoms with van der Waals surface area (Å²) in [4.78, 5) is 11.9. The van der Waals surface area contributed by atoms with Gasteiger partial charge in [0.05, 0.1) is 18.5 Å². The molecule has 1 aromatic heterocycles. The van der Waals surface area contributed by atoms with E-state index in [1.54, 1.807) is 45.3 Å². The first-order valence-electron chi connectivity index (χ1n) is 6.02. The van der Waals surface area contributed by atoms with Crippen LogP contribution in [0.1, 0.15) is 5.69 Å². The van der Waals surface area contributed by atoms with Crippen molar-refractivity contribution in [2.75, 3.05) is 23.5 Å². The van der Waals surface area contributed by atoms with Crippen LogP contribution in [0.25, 0.3) is 0 Å². The van der Waals surface area contributed by atoms with Crippen molar-refractivity contribution < 1.29 is 9.53 Å². The van der Waals surface area contributed by atoms with E-state index in [9.17, 15) is 4.79 Å². The maximum Gasteiger partial charge on any atom is 0.324 e. The average Bonchev–Trinajstić information content (AvgIpc) is 2.65. The first-order chi connectivity index (χ1) is 9.51. The van der Waals surface area contributed by atoms with Crippen LogP contribution in [0.4, 0.5) is 22.0 Å². The lowest BCUT2D eigenvalue weighted by atomic mass is 10.3. The van der Waals surface area contributed by atoms with Gasteiger partial charge in [0.1, 0.15) is 5.75 Å². The molecule has 0 spiro atoms. The third kappa shape index (κ3) is 2.82. The number of anilines is 3. The third-order valence-electron chi connectivity index (χ3n) is 2.83. The second kappa shape index (κ2) is 5.52. The van der Waals surface area contributed by atoms with Crippen LogP contribution in [-0.2, 0) is 7.05 Å². The summed E-state index contributed by atoms with van der Waals surface area (Å²) in [7, 11) is 3.28. The van der Waals surface area contributed by atoms with E-state index in [2.05, 4.69) is 15.7 Å². The number of nitrogens with two attached hydrogens (primary N) is 1. The summed E-state index contributed by atoms with van der Waals surface area (Å²) in [6.45, 7) is 1.78. The highest BCUT2D eigenvalue weighted by atomic mass is 16.5. The van der Waals surface area contributed by atoms with E-state index in [-0.39, 0.29) is 0 Å². The Kier molecular flexibility index (Phi) is 3.79. The molecule has 0 atom stereocenters. The summed E-state index contributed by atoms with van der Waals surface area (Å²) in [5.74, 6) is 1.13. The van der Waals surface area contributed by atoms with Crippen molar-refractivity contribution in [2.24, 2.45) is 7.05 Å². The molecule has 0 fully saturated rings. The summed E-state index contributed by atoms with van der Waals surface area (Å²) >= 11 is 0. The van der Waals surface area contributed by atoms with Gasteiger partial charge in [-0.3, -0.25) is 10.00 Å². The molecule has 0 saturated carbocycles. The van der Waals surface area contributed by atoms with Gasteiger partial charge in [-0.2, -0.15) is 5.10 Å². The van der Waals surface area contributed by atoms with E-state index in [1.807, 2.05) is 0 Å². The van der Waals surface area contributed by atoms with Crippen molar-refractivity contribution in [1.29, 1.82) is 0 Å². The van der Waals surface area contributed by atoms with Crippen molar-refractivity contribution in [2.45, 2.75) is 6.92 Å². The van der Waals surface area contributed by atoms with Gasteiger partial charge >= 0.3 is 6.03 Å². The Labute approximate surface area is 116 Å². The normalized spacial score (nSPS) is 10.2. The van der Waals surface area contributed by atoms with Gasteiger partial charge in [0.2, 0.25) is 0 Å². The molecular weight excluding hydrogens is 258 g/mol. The first kappa shape index (κ1) is 13.7. The lowest BCUT2D eigenvalue weighted by Crippen LogP contribution is -2.21. The van der Waals surface area contributed by atoms with Crippen LogP contribution in [-0.4, -0.2) is 22.9 Å². The number of carbonyl (C=O) groups is 1. The quantitative estimate of drug-likeness (QED) is 0.798. The summed E-state index contributed by atoms with van der Waals surface area (Å²) in [5, 5.41) is 9.50. The number of amides is 2. The minimum atomic E-state index is -0.395. The molecule has 0 aliphatic heterocycles. The maximum atomic E-state index is 11.9. The second-order valence-corrected chi connectivity index (χ2v) is 4.28. The van der Waals surface area contributed by atoms with E-state index in [0.29, 0.717) is 28.6 Å². The van der Waals surface area contributed by atoms with Gasteiger partial charge in [0, 0.05) is 18.8 Å². The molecule has 2 amide bonds. The molecule has 0 aliphatic rings. The number of hydrogen-bond donors (Lipinski definition) is 3. The van der Waals surface area contributed by atoms with Gasteiger partial charge in [0.25, 0.3) is 0 Å². The molecule has 2 aromatic rings. The third-order valence-corrected chi connectivity index (χ3v) is 2.83. The Morgan fingerprint density at radius 3 is 2.75 bits per heavy atom. The number of aryl methyl sites for hydroxylation is 2. The number of nitrogen functional groups attached to an aromatic ring is 1. The van der Waals surface area contributed by atoms with Crippen molar-refractivity contribution in [3.05, 3.63) is 30.0 Å². The smallest absolute Gasteiger partial charge is 0.324 e. The molecule has 1 aromatic carbocycles. The molecule has 0 saturated heterocycles. The van der Waals surface area contributed by atoms with Gasteiger partial charge in [0.15, 0.2) is 5.82 Å². The minimum absolute atomic E-state index is 0.395.